The molecule has 1 N–H and O–H groups in total. The molecule has 144 valence electrons. The zero-order valence-electron chi connectivity index (χ0n) is 15.4. The first-order valence-electron chi connectivity index (χ1n) is 9.11. The number of methoxy groups -OCH3 is 1. The quantitative estimate of drug-likeness (QED) is 0.791. The Morgan fingerprint density at radius 2 is 1.78 bits per heavy atom. The molecule has 1 aliphatic rings. The molecule has 1 saturated heterocycles. The number of benzene rings is 2. The zero-order chi connectivity index (χ0) is 19.1. The van der Waals surface area contributed by atoms with E-state index in [0.29, 0.717) is 24.8 Å². The van der Waals surface area contributed by atoms with Crippen LogP contribution < -0.4 is 5.32 Å². The first kappa shape index (κ1) is 19.8. The zero-order valence-corrected chi connectivity index (χ0v) is 16.2. The summed E-state index contributed by atoms with van der Waals surface area (Å²) in [6.07, 6.45) is -0.623. The second kappa shape index (κ2) is 9.85. The van der Waals surface area contributed by atoms with Gasteiger partial charge in [-0.05, 0) is 23.3 Å². The van der Waals surface area contributed by atoms with E-state index in [1.165, 1.54) is 0 Å². The molecule has 2 aromatic carbocycles. The van der Waals surface area contributed by atoms with E-state index in [9.17, 15) is 4.79 Å². The predicted molar refractivity (Wildman–Crippen MR) is 106 cm³/mol. The van der Waals surface area contributed by atoms with Gasteiger partial charge in [0.15, 0.2) is 6.10 Å². The maximum atomic E-state index is 12.7. The second-order valence-electron chi connectivity index (χ2n) is 6.49. The number of hydrogen-bond donors (Lipinski definition) is 1. The lowest BCUT2D eigenvalue weighted by Gasteiger charge is -2.35. The Bertz CT molecular complexity index is 718. The summed E-state index contributed by atoms with van der Waals surface area (Å²) in [6.45, 7) is 3.55. The third kappa shape index (κ3) is 5.30. The molecular weight excluding hydrogens is 364 g/mol. The van der Waals surface area contributed by atoms with Crippen LogP contribution in [0.5, 0.6) is 0 Å². The van der Waals surface area contributed by atoms with Crippen molar-refractivity contribution in [2.24, 2.45) is 0 Å². The van der Waals surface area contributed by atoms with E-state index < -0.39 is 6.10 Å². The molecule has 1 amide bonds. The van der Waals surface area contributed by atoms with Crippen molar-refractivity contribution in [2.75, 3.05) is 40.0 Å². The van der Waals surface area contributed by atoms with Crippen molar-refractivity contribution in [3.63, 3.8) is 0 Å². The number of amides is 1. The van der Waals surface area contributed by atoms with Gasteiger partial charge in [-0.3, -0.25) is 9.69 Å². The van der Waals surface area contributed by atoms with Gasteiger partial charge < -0.3 is 14.8 Å². The highest BCUT2D eigenvalue weighted by atomic mass is 35.5. The molecule has 6 heteroatoms. The highest BCUT2D eigenvalue weighted by Crippen LogP contribution is 2.24. The summed E-state index contributed by atoms with van der Waals surface area (Å²) in [6, 6.07) is 17.4. The van der Waals surface area contributed by atoms with E-state index in [1.807, 2.05) is 54.6 Å². The Morgan fingerprint density at radius 3 is 2.41 bits per heavy atom. The Labute approximate surface area is 165 Å². The highest BCUT2D eigenvalue weighted by molar-refractivity contribution is 6.30. The van der Waals surface area contributed by atoms with Crippen LogP contribution in [0.1, 0.15) is 23.3 Å². The van der Waals surface area contributed by atoms with Crippen molar-refractivity contribution in [2.45, 2.75) is 12.1 Å². The monoisotopic (exact) mass is 388 g/mol. The number of morpholine rings is 1. The van der Waals surface area contributed by atoms with Crippen LogP contribution >= 0.6 is 11.6 Å². The molecule has 3 rings (SSSR count). The van der Waals surface area contributed by atoms with Gasteiger partial charge in [0.2, 0.25) is 0 Å². The van der Waals surface area contributed by atoms with E-state index in [2.05, 4.69) is 10.2 Å². The Kier molecular flexibility index (Phi) is 7.24. The van der Waals surface area contributed by atoms with E-state index in [1.54, 1.807) is 7.11 Å². The van der Waals surface area contributed by atoms with Gasteiger partial charge in [-0.25, -0.2) is 0 Å². The maximum Gasteiger partial charge on any atom is 0.253 e. The van der Waals surface area contributed by atoms with E-state index in [0.717, 1.165) is 24.2 Å². The number of ether oxygens (including phenoxy) is 2. The summed E-state index contributed by atoms with van der Waals surface area (Å²) in [5, 5.41) is 3.76. The molecule has 1 fully saturated rings. The van der Waals surface area contributed by atoms with Crippen LogP contribution in [-0.2, 0) is 14.3 Å². The molecule has 0 radical (unpaired) electrons. The van der Waals surface area contributed by atoms with Crippen LogP contribution in [0.2, 0.25) is 5.02 Å². The molecule has 27 heavy (non-hydrogen) atoms. The molecule has 0 bridgehead atoms. The molecule has 5 nitrogen and oxygen atoms in total. The fourth-order valence-electron chi connectivity index (χ4n) is 3.34. The lowest BCUT2D eigenvalue weighted by molar-refractivity contribution is -0.131. The average molecular weight is 389 g/mol. The molecule has 0 saturated carbocycles. The van der Waals surface area contributed by atoms with Crippen LogP contribution in [-0.4, -0.2) is 50.8 Å². The van der Waals surface area contributed by atoms with Crippen molar-refractivity contribution in [1.82, 2.24) is 10.2 Å². The third-order valence-electron chi connectivity index (χ3n) is 4.79. The van der Waals surface area contributed by atoms with Gasteiger partial charge in [-0.1, -0.05) is 54.1 Å². The van der Waals surface area contributed by atoms with Gasteiger partial charge >= 0.3 is 0 Å². The number of nitrogens with one attached hydrogen (secondary N) is 1. The lowest BCUT2D eigenvalue weighted by atomic mass is 10.0. The summed E-state index contributed by atoms with van der Waals surface area (Å²) in [5.41, 5.74) is 1.96. The van der Waals surface area contributed by atoms with Gasteiger partial charge in [-0.15, -0.1) is 0 Å². The van der Waals surface area contributed by atoms with Crippen LogP contribution in [0.25, 0.3) is 0 Å². The van der Waals surface area contributed by atoms with Gasteiger partial charge in [-0.2, -0.15) is 0 Å². The molecule has 2 atom stereocenters. The molecule has 0 aromatic heterocycles. The lowest BCUT2D eigenvalue weighted by Crippen LogP contribution is -2.44. The largest absolute Gasteiger partial charge is 0.379 e. The molecular formula is C21H25ClN2O3. The molecule has 0 unspecified atom stereocenters. The second-order valence-corrected chi connectivity index (χ2v) is 6.92. The molecule has 1 heterocycles. The Balaban J connectivity index is 1.71. The Morgan fingerprint density at radius 1 is 1.11 bits per heavy atom. The first-order chi connectivity index (χ1) is 13.2. The predicted octanol–water partition coefficient (Wildman–Crippen LogP) is 3.22. The van der Waals surface area contributed by atoms with E-state index >= 15 is 0 Å². The first-order valence-corrected chi connectivity index (χ1v) is 9.49. The van der Waals surface area contributed by atoms with Crippen molar-refractivity contribution < 1.29 is 14.3 Å². The average Bonchev–Trinajstić information content (AvgIpc) is 2.71. The number of nitrogens with zero attached hydrogens (tertiary/aromatic N) is 1. The number of hydrogen-bond acceptors (Lipinski definition) is 4. The minimum Gasteiger partial charge on any atom is -0.379 e. The number of halogens is 1. The summed E-state index contributed by atoms with van der Waals surface area (Å²) < 4.78 is 10.9. The molecule has 1 aliphatic heterocycles. The van der Waals surface area contributed by atoms with Gasteiger partial charge in [0, 0.05) is 31.8 Å². The van der Waals surface area contributed by atoms with Crippen LogP contribution in [0.4, 0.5) is 0 Å². The van der Waals surface area contributed by atoms with Gasteiger partial charge in [0.25, 0.3) is 5.91 Å². The SMILES string of the molecule is CO[C@H](C(=O)NC[C@@H](c1ccc(Cl)cc1)N1CCOCC1)c1ccccc1. The molecule has 0 spiro atoms. The fraction of sp³-hybridized carbons (Fsp3) is 0.381. The summed E-state index contributed by atoms with van der Waals surface area (Å²) in [5.74, 6) is -0.143. The number of rotatable bonds is 7. The minimum absolute atomic E-state index is 0.0587. The minimum atomic E-state index is -0.623. The molecule has 2 aromatic rings. The van der Waals surface area contributed by atoms with Crippen molar-refractivity contribution in [3.05, 3.63) is 70.7 Å². The molecule has 0 aliphatic carbocycles. The van der Waals surface area contributed by atoms with Crippen LogP contribution in [0, 0.1) is 0 Å². The normalized spacial score (nSPS) is 17.3. The van der Waals surface area contributed by atoms with Gasteiger partial charge in [0.1, 0.15) is 0 Å². The van der Waals surface area contributed by atoms with E-state index in [-0.39, 0.29) is 11.9 Å². The van der Waals surface area contributed by atoms with Crippen LogP contribution in [0.3, 0.4) is 0 Å². The summed E-state index contributed by atoms with van der Waals surface area (Å²) >= 11 is 6.04. The summed E-state index contributed by atoms with van der Waals surface area (Å²) in [7, 11) is 1.55. The standard InChI is InChI=1S/C21H25ClN2O3/c1-26-20(17-5-3-2-4-6-17)21(25)23-15-19(24-11-13-27-14-12-24)16-7-9-18(22)10-8-16/h2-10,19-20H,11-15H2,1H3,(H,23,25)/t19-,20-/m0/s1. The topological polar surface area (TPSA) is 50.8 Å². The number of carbonyl (C=O) groups excluding carboxylic acids is 1. The van der Waals surface area contributed by atoms with Crippen LogP contribution in [0.15, 0.2) is 54.6 Å². The Hall–Kier alpha value is -1.92. The van der Waals surface area contributed by atoms with Crippen molar-refractivity contribution >= 4 is 17.5 Å². The fourth-order valence-corrected chi connectivity index (χ4v) is 3.47. The highest BCUT2D eigenvalue weighted by Gasteiger charge is 2.25. The van der Waals surface area contributed by atoms with Gasteiger partial charge in [0.05, 0.1) is 19.3 Å². The van der Waals surface area contributed by atoms with E-state index in [4.69, 9.17) is 21.1 Å². The maximum absolute atomic E-state index is 12.7. The van der Waals surface area contributed by atoms with Crippen molar-refractivity contribution in [1.29, 1.82) is 0 Å². The smallest absolute Gasteiger partial charge is 0.253 e. The summed E-state index contributed by atoms with van der Waals surface area (Å²) in [4.78, 5) is 15.1. The number of carbonyl (C=O) groups is 1. The van der Waals surface area contributed by atoms with Crippen molar-refractivity contribution in [3.8, 4) is 0 Å². The third-order valence-corrected chi connectivity index (χ3v) is 5.04.